The maximum absolute atomic E-state index is 5.86. The number of nitrogens with two attached hydrogens (primary N) is 1. The number of guanidine groups is 1. The predicted molar refractivity (Wildman–Crippen MR) is 84.7 cm³/mol. The van der Waals surface area contributed by atoms with E-state index in [1.165, 1.54) is 16.7 Å². The molecule has 0 spiro atoms. The Balaban J connectivity index is 1.77. The average molecular weight is 267 g/mol. The Morgan fingerprint density at radius 1 is 1.05 bits per heavy atom. The van der Waals surface area contributed by atoms with Crippen LogP contribution >= 0.6 is 0 Å². The molecule has 0 amide bonds. The molecule has 0 bridgehead atoms. The van der Waals surface area contributed by atoms with Gasteiger partial charge < -0.3 is 11.1 Å². The van der Waals surface area contributed by atoms with Crippen LogP contribution in [0, 0.1) is 6.92 Å². The van der Waals surface area contributed by atoms with Crippen LogP contribution in [-0.4, -0.2) is 12.5 Å². The van der Waals surface area contributed by atoms with E-state index in [2.05, 4.69) is 47.6 Å². The van der Waals surface area contributed by atoms with E-state index >= 15 is 0 Å². The highest BCUT2D eigenvalue weighted by molar-refractivity contribution is 5.77. The molecule has 0 saturated heterocycles. The van der Waals surface area contributed by atoms with Crippen LogP contribution in [0.5, 0.6) is 0 Å². The van der Waals surface area contributed by atoms with Crippen molar-refractivity contribution < 1.29 is 0 Å². The molecule has 0 aliphatic rings. The molecular formula is C17H21N3. The van der Waals surface area contributed by atoms with Crippen molar-refractivity contribution in [3.8, 4) is 0 Å². The molecule has 2 rings (SSSR count). The van der Waals surface area contributed by atoms with E-state index < -0.39 is 0 Å². The van der Waals surface area contributed by atoms with Crippen LogP contribution in [0.25, 0.3) is 0 Å². The zero-order valence-electron chi connectivity index (χ0n) is 11.8. The highest BCUT2D eigenvalue weighted by atomic mass is 15.1. The quantitative estimate of drug-likeness (QED) is 0.646. The lowest BCUT2D eigenvalue weighted by molar-refractivity contribution is 0.848. The Morgan fingerprint density at radius 2 is 1.80 bits per heavy atom. The van der Waals surface area contributed by atoms with Gasteiger partial charge in [0.25, 0.3) is 0 Å². The van der Waals surface area contributed by atoms with Crippen LogP contribution in [0.1, 0.15) is 16.7 Å². The van der Waals surface area contributed by atoms with Gasteiger partial charge in [0, 0.05) is 6.54 Å². The zero-order valence-corrected chi connectivity index (χ0v) is 11.8. The van der Waals surface area contributed by atoms with Gasteiger partial charge in [0.1, 0.15) is 0 Å². The zero-order chi connectivity index (χ0) is 14.2. The molecule has 3 nitrogen and oxygen atoms in total. The SMILES string of the molecule is Cc1cccc(CN=C(N)NCCc2ccccc2)c1. The van der Waals surface area contributed by atoms with Crippen LogP contribution in [0.15, 0.2) is 59.6 Å². The average Bonchev–Trinajstić information content (AvgIpc) is 2.46. The second-order valence-corrected chi connectivity index (χ2v) is 4.85. The number of aryl methyl sites for hydroxylation is 1. The second kappa shape index (κ2) is 7.34. The van der Waals surface area contributed by atoms with Crippen LogP contribution in [-0.2, 0) is 13.0 Å². The standard InChI is InChI=1S/C17H21N3/c1-14-6-5-9-16(12-14)13-20-17(18)19-11-10-15-7-3-2-4-8-15/h2-9,12H,10-11,13H2,1H3,(H3,18,19,20). The summed E-state index contributed by atoms with van der Waals surface area (Å²) in [6.45, 7) is 3.49. The van der Waals surface area contributed by atoms with Gasteiger partial charge in [0.2, 0.25) is 0 Å². The summed E-state index contributed by atoms with van der Waals surface area (Å²) in [5, 5.41) is 3.14. The first-order chi connectivity index (χ1) is 9.74. The lowest BCUT2D eigenvalue weighted by Crippen LogP contribution is -2.33. The third-order valence-corrected chi connectivity index (χ3v) is 3.08. The second-order valence-electron chi connectivity index (χ2n) is 4.85. The van der Waals surface area contributed by atoms with Crippen molar-refractivity contribution in [3.63, 3.8) is 0 Å². The van der Waals surface area contributed by atoms with E-state index in [1.54, 1.807) is 0 Å². The van der Waals surface area contributed by atoms with Gasteiger partial charge in [0.15, 0.2) is 5.96 Å². The minimum Gasteiger partial charge on any atom is -0.370 e. The Bertz CT molecular complexity index is 561. The monoisotopic (exact) mass is 267 g/mol. The summed E-state index contributed by atoms with van der Waals surface area (Å²) < 4.78 is 0. The molecule has 2 aromatic rings. The van der Waals surface area contributed by atoms with E-state index in [0.717, 1.165) is 13.0 Å². The predicted octanol–water partition coefficient (Wildman–Crippen LogP) is 2.64. The van der Waals surface area contributed by atoms with E-state index in [0.29, 0.717) is 12.5 Å². The molecule has 0 aliphatic carbocycles. The molecule has 0 saturated carbocycles. The van der Waals surface area contributed by atoms with Gasteiger partial charge in [-0.25, -0.2) is 4.99 Å². The Kier molecular flexibility index (Phi) is 5.18. The Labute approximate surface area is 120 Å². The first kappa shape index (κ1) is 14.1. The summed E-state index contributed by atoms with van der Waals surface area (Å²) in [6, 6.07) is 18.6. The topological polar surface area (TPSA) is 50.4 Å². The number of rotatable bonds is 5. The van der Waals surface area contributed by atoms with E-state index in [4.69, 9.17) is 5.73 Å². The molecule has 0 aromatic heterocycles. The number of aliphatic imine (C=N–C) groups is 1. The Morgan fingerprint density at radius 3 is 2.55 bits per heavy atom. The first-order valence-electron chi connectivity index (χ1n) is 6.87. The van der Waals surface area contributed by atoms with Gasteiger partial charge in [-0.1, -0.05) is 60.2 Å². The van der Waals surface area contributed by atoms with Crippen molar-refractivity contribution >= 4 is 5.96 Å². The van der Waals surface area contributed by atoms with Gasteiger partial charge in [-0.05, 0) is 24.5 Å². The molecule has 0 heterocycles. The van der Waals surface area contributed by atoms with E-state index in [-0.39, 0.29) is 0 Å². The largest absolute Gasteiger partial charge is 0.370 e. The van der Waals surface area contributed by atoms with Gasteiger partial charge >= 0.3 is 0 Å². The van der Waals surface area contributed by atoms with Gasteiger partial charge in [-0.3, -0.25) is 0 Å². The summed E-state index contributed by atoms with van der Waals surface area (Å²) in [5.41, 5.74) is 9.58. The fourth-order valence-corrected chi connectivity index (χ4v) is 2.02. The molecule has 0 aliphatic heterocycles. The summed E-state index contributed by atoms with van der Waals surface area (Å²) in [6.07, 6.45) is 0.946. The molecule has 104 valence electrons. The summed E-state index contributed by atoms with van der Waals surface area (Å²) in [7, 11) is 0. The Hall–Kier alpha value is -2.29. The van der Waals surface area contributed by atoms with Crippen LogP contribution < -0.4 is 11.1 Å². The highest BCUT2D eigenvalue weighted by Gasteiger charge is 1.95. The maximum atomic E-state index is 5.86. The molecular weight excluding hydrogens is 246 g/mol. The van der Waals surface area contributed by atoms with E-state index in [9.17, 15) is 0 Å². The maximum Gasteiger partial charge on any atom is 0.188 e. The van der Waals surface area contributed by atoms with Crippen molar-refractivity contribution in [1.29, 1.82) is 0 Å². The van der Waals surface area contributed by atoms with Crippen molar-refractivity contribution in [1.82, 2.24) is 5.32 Å². The molecule has 3 heteroatoms. The number of benzene rings is 2. The lowest BCUT2D eigenvalue weighted by Gasteiger charge is -2.06. The normalized spacial score (nSPS) is 11.3. The van der Waals surface area contributed by atoms with Gasteiger partial charge in [-0.15, -0.1) is 0 Å². The molecule has 2 aromatic carbocycles. The van der Waals surface area contributed by atoms with Crippen molar-refractivity contribution in [2.75, 3.05) is 6.54 Å². The molecule has 0 radical (unpaired) electrons. The minimum atomic E-state index is 0.502. The number of hydrogen-bond acceptors (Lipinski definition) is 1. The van der Waals surface area contributed by atoms with Crippen LogP contribution in [0.2, 0.25) is 0 Å². The smallest absolute Gasteiger partial charge is 0.188 e. The summed E-state index contributed by atoms with van der Waals surface area (Å²) in [4.78, 5) is 4.35. The summed E-state index contributed by atoms with van der Waals surface area (Å²) in [5.74, 6) is 0.502. The fraction of sp³-hybridized carbons (Fsp3) is 0.235. The molecule has 0 atom stereocenters. The molecule has 3 N–H and O–H groups in total. The number of nitrogens with one attached hydrogen (secondary N) is 1. The van der Waals surface area contributed by atoms with E-state index in [1.807, 2.05) is 24.3 Å². The molecule has 0 unspecified atom stereocenters. The third kappa shape index (κ3) is 4.76. The van der Waals surface area contributed by atoms with Crippen LogP contribution in [0.3, 0.4) is 0 Å². The highest BCUT2D eigenvalue weighted by Crippen LogP contribution is 2.04. The molecule has 0 fully saturated rings. The molecule has 20 heavy (non-hydrogen) atoms. The number of nitrogens with zero attached hydrogens (tertiary/aromatic N) is 1. The summed E-state index contributed by atoms with van der Waals surface area (Å²) >= 11 is 0. The van der Waals surface area contributed by atoms with Crippen molar-refractivity contribution in [2.24, 2.45) is 10.7 Å². The number of hydrogen-bond donors (Lipinski definition) is 2. The lowest BCUT2D eigenvalue weighted by atomic mass is 10.1. The van der Waals surface area contributed by atoms with Crippen molar-refractivity contribution in [2.45, 2.75) is 19.9 Å². The van der Waals surface area contributed by atoms with Crippen LogP contribution in [0.4, 0.5) is 0 Å². The fourth-order valence-electron chi connectivity index (χ4n) is 2.02. The third-order valence-electron chi connectivity index (χ3n) is 3.08. The first-order valence-corrected chi connectivity index (χ1v) is 6.87. The van der Waals surface area contributed by atoms with Crippen molar-refractivity contribution in [3.05, 3.63) is 71.3 Å². The van der Waals surface area contributed by atoms with Gasteiger partial charge in [0.05, 0.1) is 6.54 Å². The minimum absolute atomic E-state index is 0.502. The van der Waals surface area contributed by atoms with Gasteiger partial charge in [-0.2, -0.15) is 0 Å².